The summed E-state index contributed by atoms with van der Waals surface area (Å²) in [7, 11) is -8.96. The molecule has 10 heteroatoms. The molecular formula is C11H35NO4Si5. The van der Waals surface area contributed by atoms with Crippen LogP contribution >= 0.6 is 0 Å². The molecule has 0 rings (SSSR count). The molecule has 1 N–H and O–H groups in total. The van der Waals surface area contributed by atoms with Crippen LogP contribution in [0.25, 0.3) is 0 Å². The molecule has 21 heavy (non-hydrogen) atoms. The SMILES string of the molecule is CCCN[Si](C)(C)O[Si](O[SiH](C)C)(O[SiH](C)C)O[SiH](C)C. The van der Waals surface area contributed by atoms with E-state index in [0.717, 1.165) is 13.0 Å². The Kier molecular flexibility index (Phi) is 10.3. The van der Waals surface area contributed by atoms with Crippen LogP contribution < -0.4 is 4.98 Å². The van der Waals surface area contributed by atoms with E-state index in [2.05, 4.69) is 64.3 Å². The van der Waals surface area contributed by atoms with Crippen molar-refractivity contribution in [1.29, 1.82) is 0 Å². The molecule has 0 bridgehead atoms. The first-order chi connectivity index (χ1) is 9.52. The molecule has 0 aliphatic heterocycles. The molecule has 0 atom stereocenters. The fourth-order valence-electron chi connectivity index (χ4n) is 1.80. The third kappa shape index (κ3) is 10.3. The highest BCUT2D eigenvalue weighted by molar-refractivity contribution is 6.84. The van der Waals surface area contributed by atoms with Crippen molar-refractivity contribution in [3.05, 3.63) is 0 Å². The van der Waals surface area contributed by atoms with Gasteiger partial charge in [-0.05, 0) is 65.3 Å². The van der Waals surface area contributed by atoms with Crippen LogP contribution in [0, 0.1) is 0 Å². The average molecular weight is 386 g/mol. The van der Waals surface area contributed by atoms with Crippen molar-refractivity contribution in [2.75, 3.05) is 6.54 Å². The van der Waals surface area contributed by atoms with Gasteiger partial charge in [0.1, 0.15) is 0 Å². The largest absolute Gasteiger partial charge is 0.637 e. The zero-order valence-corrected chi connectivity index (χ0v) is 20.7. The first kappa shape index (κ1) is 21.9. The van der Waals surface area contributed by atoms with E-state index < -0.39 is 44.6 Å². The lowest BCUT2D eigenvalue weighted by Crippen LogP contribution is -2.64. The van der Waals surface area contributed by atoms with Crippen molar-refractivity contribution < 1.29 is 16.5 Å². The molecule has 0 radical (unpaired) electrons. The fourth-order valence-corrected chi connectivity index (χ4v) is 16.4. The van der Waals surface area contributed by atoms with E-state index in [1.807, 2.05) is 0 Å². The predicted octanol–water partition coefficient (Wildman–Crippen LogP) is 2.14. The Morgan fingerprint density at radius 1 is 0.810 bits per heavy atom. The maximum atomic E-state index is 6.46. The third-order valence-corrected chi connectivity index (χ3v) is 15.6. The number of rotatable bonds is 11. The van der Waals surface area contributed by atoms with Crippen LogP contribution in [0.2, 0.25) is 52.4 Å². The Balaban J connectivity index is 5.21. The molecule has 0 saturated heterocycles. The lowest BCUT2D eigenvalue weighted by molar-refractivity contribution is 0.157. The van der Waals surface area contributed by atoms with E-state index in [9.17, 15) is 0 Å². The second-order valence-electron chi connectivity index (χ2n) is 6.54. The normalized spacial score (nSPS) is 13.7. The average Bonchev–Trinajstić information content (AvgIpc) is 2.21. The van der Waals surface area contributed by atoms with Crippen molar-refractivity contribution in [1.82, 2.24) is 4.98 Å². The Morgan fingerprint density at radius 3 is 1.48 bits per heavy atom. The number of nitrogens with one attached hydrogen (secondary N) is 1. The fraction of sp³-hybridized carbons (Fsp3) is 1.00. The lowest BCUT2D eigenvalue weighted by Gasteiger charge is -2.39. The van der Waals surface area contributed by atoms with Gasteiger partial charge in [0.05, 0.1) is 0 Å². The maximum absolute atomic E-state index is 6.46. The van der Waals surface area contributed by atoms with Crippen molar-refractivity contribution in [3.8, 4) is 0 Å². The number of hydrogen-bond acceptors (Lipinski definition) is 5. The van der Waals surface area contributed by atoms with Crippen LogP contribution in [-0.4, -0.2) is 51.2 Å². The molecule has 0 amide bonds. The van der Waals surface area contributed by atoms with Gasteiger partial charge in [0.25, 0.3) is 8.48 Å². The minimum absolute atomic E-state index is 0.959. The van der Waals surface area contributed by atoms with Crippen molar-refractivity contribution in [2.45, 2.75) is 65.7 Å². The Labute approximate surface area is 138 Å². The third-order valence-electron chi connectivity index (χ3n) is 2.32. The molecule has 0 aliphatic rings. The highest BCUT2D eigenvalue weighted by Gasteiger charge is 2.51. The number of hydrogen-bond donors (Lipinski definition) is 1. The first-order valence-corrected chi connectivity index (χ1v) is 20.9. The molecule has 0 spiro atoms. The van der Waals surface area contributed by atoms with E-state index in [0.29, 0.717) is 0 Å². The van der Waals surface area contributed by atoms with Gasteiger partial charge in [-0.1, -0.05) is 6.92 Å². The van der Waals surface area contributed by atoms with Gasteiger partial charge in [-0.15, -0.1) is 0 Å². The van der Waals surface area contributed by atoms with Gasteiger partial charge in [-0.25, -0.2) is 0 Å². The molecule has 0 saturated carbocycles. The van der Waals surface area contributed by atoms with Crippen molar-refractivity contribution in [2.24, 2.45) is 0 Å². The minimum atomic E-state index is -2.99. The first-order valence-electron chi connectivity index (χ1n) is 8.00. The maximum Gasteiger partial charge on any atom is 0.637 e. The van der Waals surface area contributed by atoms with Gasteiger partial charge in [-0.2, -0.15) is 0 Å². The van der Waals surface area contributed by atoms with Crippen LogP contribution in [-0.2, 0) is 16.5 Å². The summed E-state index contributed by atoms with van der Waals surface area (Å²) in [5.41, 5.74) is 0. The quantitative estimate of drug-likeness (QED) is 0.552. The molecule has 0 heterocycles. The summed E-state index contributed by atoms with van der Waals surface area (Å²) >= 11 is 0. The second kappa shape index (κ2) is 9.90. The molecule has 0 fully saturated rings. The Morgan fingerprint density at radius 2 is 1.19 bits per heavy atom. The van der Waals surface area contributed by atoms with E-state index in [1.54, 1.807) is 0 Å². The van der Waals surface area contributed by atoms with Crippen molar-refractivity contribution >= 4 is 44.6 Å². The Hall–Kier alpha value is 0.884. The monoisotopic (exact) mass is 385 g/mol. The van der Waals surface area contributed by atoms with E-state index in [4.69, 9.17) is 16.5 Å². The van der Waals surface area contributed by atoms with E-state index >= 15 is 0 Å². The minimum Gasteiger partial charge on any atom is -0.399 e. The molecular weight excluding hydrogens is 351 g/mol. The summed E-state index contributed by atoms with van der Waals surface area (Å²) in [6.07, 6.45) is 1.09. The summed E-state index contributed by atoms with van der Waals surface area (Å²) in [5, 5.41) is 0. The molecule has 0 aromatic heterocycles. The van der Waals surface area contributed by atoms with Gasteiger partial charge in [-0.3, -0.25) is 0 Å². The molecule has 0 aliphatic carbocycles. The molecule has 0 unspecified atom stereocenters. The zero-order chi connectivity index (χ0) is 16.7. The highest BCUT2D eigenvalue weighted by Crippen LogP contribution is 2.20. The summed E-state index contributed by atoms with van der Waals surface area (Å²) in [6.45, 7) is 20.3. The van der Waals surface area contributed by atoms with Gasteiger partial charge in [0.2, 0.25) is 0 Å². The van der Waals surface area contributed by atoms with E-state index in [-0.39, 0.29) is 0 Å². The van der Waals surface area contributed by atoms with Crippen LogP contribution in [0.15, 0.2) is 0 Å². The standard InChI is InChI=1S/C11H35NO4Si5/c1-10-11-12-20(8,9)16-21(13-17(2)3,14-18(4)5)15-19(6)7/h12,17-19H,10-11H2,1-9H3. The van der Waals surface area contributed by atoms with Crippen LogP contribution in [0.4, 0.5) is 0 Å². The summed E-state index contributed by atoms with van der Waals surface area (Å²) in [5.74, 6) is 0. The van der Waals surface area contributed by atoms with Crippen LogP contribution in [0.3, 0.4) is 0 Å². The van der Waals surface area contributed by atoms with Gasteiger partial charge in [0.15, 0.2) is 27.1 Å². The summed E-state index contributed by atoms with van der Waals surface area (Å²) < 4.78 is 25.2. The lowest BCUT2D eigenvalue weighted by atomic mass is 10.5. The van der Waals surface area contributed by atoms with Gasteiger partial charge >= 0.3 is 9.05 Å². The highest BCUT2D eigenvalue weighted by atomic mass is 28.5. The molecule has 0 aromatic rings. The van der Waals surface area contributed by atoms with Gasteiger partial charge < -0.3 is 21.4 Å². The van der Waals surface area contributed by atoms with Crippen molar-refractivity contribution in [3.63, 3.8) is 0 Å². The molecule has 5 nitrogen and oxygen atoms in total. The summed E-state index contributed by atoms with van der Waals surface area (Å²) in [6, 6.07) is 0. The predicted molar refractivity (Wildman–Crippen MR) is 103 cm³/mol. The zero-order valence-electron chi connectivity index (χ0n) is 15.3. The smallest absolute Gasteiger partial charge is 0.399 e. The van der Waals surface area contributed by atoms with Crippen LogP contribution in [0.1, 0.15) is 13.3 Å². The summed E-state index contributed by atoms with van der Waals surface area (Å²) in [4.78, 5) is 3.54. The molecule has 128 valence electrons. The van der Waals surface area contributed by atoms with E-state index in [1.165, 1.54) is 0 Å². The van der Waals surface area contributed by atoms with Crippen LogP contribution in [0.5, 0.6) is 0 Å². The van der Waals surface area contributed by atoms with Gasteiger partial charge in [0, 0.05) is 0 Å². The molecule has 0 aromatic carbocycles. The second-order valence-corrected chi connectivity index (χ2v) is 20.9. The topological polar surface area (TPSA) is 49.0 Å². The Bertz CT molecular complexity index is 265.